The zero-order valence-corrected chi connectivity index (χ0v) is 18.9. The van der Waals surface area contributed by atoms with Crippen LogP contribution in [0.25, 0.3) is 0 Å². The Hall–Kier alpha value is -2.25. The summed E-state index contributed by atoms with van der Waals surface area (Å²) < 4.78 is 37.3. The van der Waals surface area contributed by atoms with Crippen molar-refractivity contribution in [1.29, 1.82) is 0 Å². The largest absolute Gasteiger partial charge is 0.322 e. The van der Waals surface area contributed by atoms with Gasteiger partial charge in [0.1, 0.15) is 5.82 Å². The van der Waals surface area contributed by atoms with E-state index in [1.165, 1.54) is 11.6 Å². The van der Waals surface area contributed by atoms with Gasteiger partial charge < -0.3 is 10.6 Å². The number of benzene rings is 2. The Morgan fingerprint density at radius 2 is 1.77 bits per heavy atom. The fraction of sp³-hybridized carbons (Fsp3) is 0.435. The molecule has 164 valence electrons. The molecule has 2 N–H and O–H groups in total. The highest BCUT2D eigenvalue weighted by atomic mass is 32.2. The van der Waals surface area contributed by atoms with Crippen molar-refractivity contribution in [3.05, 3.63) is 59.4 Å². The Morgan fingerprint density at radius 1 is 1.10 bits per heavy atom. The van der Waals surface area contributed by atoms with Crippen molar-refractivity contribution in [3.63, 3.8) is 0 Å². The summed E-state index contributed by atoms with van der Waals surface area (Å²) in [7, 11) is -3.49. The lowest BCUT2D eigenvalue weighted by molar-refractivity contribution is -0.115. The van der Waals surface area contributed by atoms with Gasteiger partial charge in [0.2, 0.25) is 5.91 Å². The van der Waals surface area contributed by atoms with Gasteiger partial charge in [-0.05, 0) is 48.1 Å². The maximum absolute atomic E-state index is 14.0. The van der Waals surface area contributed by atoms with Gasteiger partial charge in [-0.15, -0.1) is 0 Å². The molecule has 0 aliphatic heterocycles. The fourth-order valence-electron chi connectivity index (χ4n) is 3.24. The lowest BCUT2D eigenvalue weighted by Gasteiger charge is -2.23. The molecule has 0 aromatic heterocycles. The summed E-state index contributed by atoms with van der Waals surface area (Å²) in [4.78, 5) is 12.3. The molecule has 0 heterocycles. The molecule has 0 spiro atoms. The van der Waals surface area contributed by atoms with Crippen LogP contribution >= 0.6 is 0 Å². The van der Waals surface area contributed by atoms with E-state index in [1.54, 1.807) is 0 Å². The molecule has 1 atom stereocenters. The molecule has 0 fully saturated rings. The van der Waals surface area contributed by atoms with Crippen molar-refractivity contribution in [2.45, 2.75) is 51.0 Å². The smallest absolute Gasteiger partial charge is 0.238 e. The highest BCUT2D eigenvalue weighted by molar-refractivity contribution is 7.90. The van der Waals surface area contributed by atoms with Crippen LogP contribution in [-0.4, -0.2) is 27.1 Å². The predicted octanol–water partition coefficient (Wildman–Crippen LogP) is 4.50. The van der Waals surface area contributed by atoms with Crippen LogP contribution in [0.2, 0.25) is 0 Å². The van der Waals surface area contributed by atoms with Gasteiger partial charge in [-0.1, -0.05) is 51.5 Å². The normalized spacial score (nSPS) is 12.7. The van der Waals surface area contributed by atoms with Crippen LogP contribution in [0.15, 0.2) is 47.4 Å². The summed E-state index contributed by atoms with van der Waals surface area (Å²) in [6, 6.07) is 11.7. The molecule has 0 aliphatic rings. The van der Waals surface area contributed by atoms with E-state index < -0.39 is 21.6 Å². The number of hydrogen-bond donors (Lipinski definition) is 2. The average molecular weight is 435 g/mol. The first-order valence-corrected chi connectivity index (χ1v) is 12.1. The number of unbranched alkanes of at least 4 members (excludes halogenated alkanes) is 1. The molecule has 0 saturated carbocycles. The third kappa shape index (κ3) is 6.92. The van der Waals surface area contributed by atoms with E-state index in [0.29, 0.717) is 0 Å². The number of carbonyl (C=O) groups is 1. The molecule has 0 bridgehead atoms. The van der Waals surface area contributed by atoms with Crippen LogP contribution in [0.5, 0.6) is 0 Å². The second-order valence-electron chi connectivity index (χ2n) is 7.91. The van der Waals surface area contributed by atoms with Gasteiger partial charge in [0.05, 0.1) is 17.1 Å². The first kappa shape index (κ1) is 24.0. The van der Waals surface area contributed by atoms with Crippen LogP contribution in [0.1, 0.15) is 50.8 Å². The van der Waals surface area contributed by atoms with Crippen molar-refractivity contribution in [3.8, 4) is 0 Å². The molecule has 2 rings (SSSR count). The number of amides is 1. The Bertz CT molecular complexity index is 957. The topological polar surface area (TPSA) is 75.3 Å². The van der Waals surface area contributed by atoms with Crippen LogP contribution in [0, 0.1) is 11.7 Å². The summed E-state index contributed by atoms with van der Waals surface area (Å²) in [5.74, 6) is -0.881. The molecule has 5 nitrogen and oxygen atoms in total. The first-order valence-electron chi connectivity index (χ1n) is 10.2. The minimum Gasteiger partial charge on any atom is -0.322 e. The molecule has 2 aromatic rings. The van der Waals surface area contributed by atoms with Crippen LogP contribution < -0.4 is 10.6 Å². The maximum Gasteiger partial charge on any atom is 0.238 e. The van der Waals surface area contributed by atoms with Gasteiger partial charge in [0, 0.05) is 12.3 Å². The molecule has 30 heavy (non-hydrogen) atoms. The summed E-state index contributed by atoms with van der Waals surface area (Å²) in [6.45, 7) is 6.27. The van der Waals surface area contributed by atoms with Gasteiger partial charge in [-0.3, -0.25) is 4.79 Å². The number of carbonyl (C=O) groups excluding carboxylic acids is 1. The predicted molar refractivity (Wildman–Crippen MR) is 119 cm³/mol. The SMILES string of the molecule is CCCCc1ccc([C@@H](NCC(=O)Nc2cc(S(C)(=O)=O)ccc2F)C(C)C)cc1. The third-order valence-electron chi connectivity index (χ3n) is 4.95. The number of anilines is 1. The molecule has 2 aromatic carbocycles. The highest BCUT2D eigenvalue weighted by Crippen LogP contribution is 2.23. The van der Waals surface area contributed by atoms with Crippen LogP contribution in [-0.2, 0) is 21.1 Å². The van der Waals surface area contributed by atoms with Crippen molar-refractivity contribution >= 4 is 21.4 Å². The number of sulfone groups is 1. The molecule has 1 amide bonds. The number of hydrogen-bond acceptors (Lipinski definition) is 4. The van der Waals surface area contributed by atoms with Crippen molar-refractivity contribution in [2.24, 2.45) is 5.92 Å². The molecular weight excluding hydrogens is 403 g/mol. The van der Waals surface area contributed by atoms with E-state index in [1.807, 2.05) is 0 Å². The van der Waals surface area contributed by atoms with Crippen molar-refractivity contribution < 1.29 is 17.6 Å². The highest BCUT2D eigenvalue weighted by Gasteiger charge is 2.18. The summed E-state index contributed by atoms with van der Waals surface area (Å²) >= 11 is 0. The summed E-state index contributed by atoms with van der Waals surface area (Å²) in [5.41, 5.74) is 2.23. The lowest BCUT2D eigenvalue weighted by atomic mass is 9.94. The lowest BCUT2D eigenvalue weighted by Crippen LogP contribution is -2.33. The zero-order chi connectivity index (χ0) is 22.3. The van der Waals surface area contributed by atoms with Gasteiger partial charge in [-0.2, -0.15) is 0 Å². The van der Waals surface area contributed by atoms with E-state index in [9.17, 15) is 17.6 Å². The number of aryl methyl sites for hydroxylation is 1. The van der Waals surface area contributed by atoms with Gasteiger partial charge in [-0.25, -0.2) is 12.8 Å². The molecule has 7 heteroatoms. The second kappa shape index (κ2) is 10.7. The maximum atomic E-state index is 14.0. The Morgan fingerprint density at radius 3 is 2.33 bits per heavy atom. The van der Waals surface area contributed by atoms with E-state index in [2.05, 4.69) is 55.7 Å². The summed E-state index contributed by atoms with van der Waals surface area (Å²) in [5, 5.41) is 5.69. The second-order valence-corrected chi connectivity index (χ2v) is 9.93. The van der Waals surface area contributed by atoms with E-state index >= 15 is 0 Å². The van der Waals surface area contributed by atoms with Crippen molar-refractivity contribution in [2.75, 3.05) is 18.1 Å². The number of halogens is 1. The number of rotatable bonds is 10. The monoisotopic (exact) mass is 434 g/mol. The Balaban J connectivity index is 2.04. The average Bonchev–Trinajstić information content (AvgIpc) is 2.68. The standard InChI is InChI=1S/C23H31FN2O3S/c1-5-6-7-17-8-10-18(11-9-17)23(16(2)3)25-15-22(27)26-21-14-19(30(4,28)29)12-13-20(21)24/h8-14,16,23,25H,5-7,15H2,1-4H3,(H,26,27)/t23-/m0/s1. The van der Waals surface area contributed by atoms with Crippen LogP contribution in [0.4, 0.5) is 10.1 Å². The van der Waals surface area contributed by atoms with Gasteiger partial charge in [0.25, 0.3) is 0 Å². The molecule has 0 aliphatic carbocycles. The fourth-order valence-corrected chi connectivity index (χ4v) is 3.89. The molecule has 0 unspecified atom stereocenters. The van der Waals surface area contributed by atoms with E-state index in [0.717, 1.165) is 43.2 Å². The number of nitrogens with one attached hydrogen (secondary N) is 2. The first-order chi connectivity index (χ1) is 14.1. The van der Waals surface area contributed by atoms with Gasteiger partial charge >= 0.3 is 0 Å². The van der Waals surface area contributed by atoms with Crippen molar-refractivity contribution in [1.82, 2.24) is 5.32 Å². The summed E-state index contributed by atoms with van der Waals surface area (Å²) in [6.07, 6.45) is 4.40. The molecular formula is C23H31FN2O3S. The van der Waals surface area contributed by atoms with Crippen LogP contribution in [0.3, 0.4) is 0 Å². The van der Waals surface area contributed by atoms with E-state index in [4.69, 9.17) is 0 Å². The van der Waals surface area contributed by atoms with Gasteiger partial charge in [0.15, 0.2) is 9.84 Å². The minimum absolute atomic E-state index is 0.0248. The quantitative estimate of drug-likeness (QED) is 0.540. The third-order valence-corrected chi connectivity index (χ3v) is 6.06. The minimum atomic E-state index is -3.49. The zero-order valence-electron chi connectivity index (χ0n) is 18.0. The Kier molecular flexibility index (Phi) is 8.55. The molecule has 0 saturated heterocycles. The Labute approximate surface area is 179 Å². The van der Waals surface area contributed by atoms with E-state index in [-0.39, 0.29) is 29.1 Å². The molecule has 0 radical (unpaired) electrons.